The average Bonchev–Trinajstić information content (AvgIpc) is 2.54. The van der Waals surface area contributed by atoms with Crippen molar-refractivity contribution in [3.05, 3.63) is 40.0 Å². The molecule has 1 heterocycles. The third-order valence-electron chi connectivity index (χ3n) is 3.78. The first kappa shape index (κ1) is 20.4. The van der Waals surface area contributed by atoms with Crippen LogP contribution in [0.2, 0.25) is 0 Å². The number of benzene rings is 1. The first-order chi connectivity index (χ1) is 12.1. The van der Waals surface area contributed by atoms with Gasteiger partial charge < -0.3 is 15.7 Å². The normalized spacial score (nSPS) is 13.0. The minimum absolute atomic E-state index is 0.0109. The largest absolute Gasteiger partial charge is 0.433 e. The number of nitrogens with one attached hydrogen (secondary N) is 2. The van der Waals surface area contributed by atoms with Crippen molar-refractivity contribution >= 4 is 33.4 Å². The number of rotatable bonds is 6. The Morgan fingerprint density at radius 3 is 2.42 bits per heavy atom. The number of halogens is 4. The molecule has 2 rings (SSSR count). The summed E-state index contributed by atoms with van der Waals surface area (Å²) in [4.78, 5) is 7.67. The molecule has 142 valence electrons. The molecule has 0 spiro atoms. The van der Waals surface area contributed by atoms with Gasteiger partial charge in [0.2, 0.25) is 5.95 Å². The standard InChI is InChI=1S/C17H20BrF3N4O/c1-9(2)13(8-26)23-16-24-14(17(19,20)21)7-15(25-16)22-12-5-4-11(18)6-10(12)3/h4-7,9,13,26H,8H2,1-3H3,(H2,22,23,24,25)/t13-/m0/s1. The minimum atomic E-state index is -4.61. The molecular formula is C17H20BrF3N4O. The van der Waals surface area contributed by atoms with Crippen molar-refractivity contribution in [2.24, 2.45) is 5.92 Å². The lowest BCUT2D eigenvalue weighted by Gasteiger charge is -2.21. The molecule has 1 aromatic carbocycles. The van der Waals surface area contributed by atoms with Crippen LogP contribution in [0, 0.1) is 12.8 Å². The van der Waals surface area contributed by atoms with E-state index in [9.17, 15) is 18.3 Å². The van der Waals surface area contributed by atoms with E-state index in [1.165, 1.54) is 0 Å². The van der Waals surface area contributed by atoms with E-state index in [1.54, 1.807) is 12.1 Å². The Morgan fingerprint density at radius 1 is 1.19 bits per heavy atom. The Kier molecular flexibility index (Phi) is 6.46. The van der Waals surface area contributed by atoms with Gasteiger partial charge in [-0.2, -0.15) is 18.2 Å². The Morgan fingerprint density at radius 2 is 1.88 bits per heavy atom. The highest BCUT2D eigenvalue weighted by Gasteiger charge is 2.34. The highest BCUT2D eigenvalue weighted by Crippen LogP contribution is 2.31. The highest BCUT2D eigenvalue weighted by atomic mass is 79.9. The molecule has 3 N–H and O–H groups in total. The third kappa shape index (κ3) is 5.31. The van der Waals surface area contributed by atoms with Crippen LogP contribution in [0.25, 0.3) is 0 Å². The topological polar surface area (TPSA) is 70.1 Å². The summed E-state index contributed by atoms with van der Waals surface area (Å²) in [6.45, 7) is 5.27. The molecule has 2 aromatic rings. The number of aryl methyl sites for hydroxylation is 1. The van der Waals surface area contributed by atoms with Crippen molar-refractivity contribution in [3.63, 3.8) is 0 Å². The molecule has 9 heteroatoms. The van der Waals surface area contributed by atoms with Crippen LogP contribution in [-0.2, 0) is 6.18 Å². The lowest BCUT2D eigenvalue weighted by molar-refractivity contribution is -0.141. The summed E-state index contributed by atoms with van der Waals surface area (Å²) in [7, 11) is 0. The number of aliphatic hydroxyl groups excluding tert-OH is 1. The summed E-state index contributed by atoms with van der Waals surface area (Å²) >= 11 is 3.34. The van der Waals surface area contributed by atoms with Crippen LogP contribution in [0.4, 0.5) is 30.6 Å². The van der Waals surface area contributed by atoms with E-state index >= 15 is 0 Å². The molecule has 26 heavy (non-hydrogen) atoms. The quantitative estimate of drug-likeness (QED) is 0.614. The molecular weight excluding hydrogens is 413 g/mol. The molecule has 0 aliphatic carbocycles. The van der Waals surface area contributed by atoms with Gasteiger partial charge in [-0.25, -0.2) is 4.98 Å². The first-order valence-electron chi connectivity index (χ1n) is 7.97. The Hall–Kier alpha value is -1.87. The van der Waals surface area contributed by atoms with Gasteiger partial charge in [0.05, 0.1) is 12.6 Å². The predicted octanol–water partition coefficient (Wildman–Crippen LogP) is 4.74. The summed E-state index contributed by atoms with van der Waals surface area (Å²) in [6.07, 6.45) is -4.61. The second-order valence-electron chi connectivity index (χ2n) is 6.22. The maximum atomic E-state index is 13.2. The molecule has 0 bridgehead atoms. The van der Waals surface area contributed by atoms with E-state index in [2.05, 4.69) is 36.5 Å². The van der Waals surface area contributed by atoms with Gasteiger partial charge in [-0.1, -0.05) is 29.8 Å². The van der Waals surface area contributed by atoms with Gasteiger partial charge in [0.1, 0.15) is 5.82 Å². The number of nitrogens with zero attached hydrogens (tertiary/aromatic N) is 2. The molecule has 0 fully saturated rings. The van der Waals surface area contributed by atoms with Gasteiger partial charge in [-0.05, 0) is 36.6 Å². The lowest BCUT2D eigenvalue weighted by atomic mass is 10.1. The Bertz CT molecular complexity index is 768. The summed E-state index contributed by atoms with van der Waals surface area (Å²) in [6, 6.07) is 5.76. The van der Waals surface area contributed by atoms with Crippen LogP contribution in [0.15, 0.2) is 28.7 Å². The Labute approximate surface area is 158 Å². The molecule has 0 aliphatic rings. The van der Waals surface area contributed by atoms with E-state index in [0.717, 1.165) is 16.1 Å². The molecule has 0 unspecified atom stereocenters. The number of hydrogen-bond donors (Lipinski definition) is 3. The number of aliphatic hydroxyl groups is 1. The monoisotopic (exact) mass is 432 g/mol. The van der Waals surface area contributed by atoms with Crippen LogP contribution in [0.3, 0.4) is 0 Å². The zero-order valence-electron chi connectivity index (χ0n) is 14.5. The summed E-state index contributed by atoms with van der Waals surface area (Å²) < 4.78 is 40.5. The molecule has 0 saturated heterocycles. The number of anilines is 3. The van der Waals surface area contributed by atoms with Gasteiger partial charge >= 0.3 is 6.18 Å². The van der Waals surface area contributed by atoms with Crippen LogP contribution in [-0.4, -0.2) is 27.7 Å². The molecule has 1 aromatic heterocycles. The summed E-state index contributed by atoms with van der Waals surface area (Å²) in [5.74, 6) is -0.186. The fourth-order valence-electron chi connectivity index (χ4n) is 2.22. The van der Waals surface area contributed by atoms with Crippen molar-refractivity contribution in [1.29, 1.82) is 0 Å². The van der Waals surface area contributed by atoms with E-state index in [0.29, 0.717) is 5.69 Å². The smallest absolute Gasteiger partial charge is 0.394 e. The molecule has 0 radical (unpaired) electrons. The van der Waals surface area contributed by atoms with E-state index < -0.39 is 17.9 Å². The number of alkyl halides is 3. The highest BCUT2D eigenvalue weighted by molar-refractivity contribution is 9.10. The molecule has 1 atom stereocenters. The van der Waals surface area contributed by atoms with Gasteiger partial charge in [0.25, 0.3) is 0 Å². The molecule has 0 aliphatic heterocycles. The second kappa shape index (κ2) is 8.22. The SMILES string of the molecule is Cc1cc(Br)ccc1Nc1cc(C(F)(F)F)nc(N[C@@H](CO)C(C)C)n1. The summed E-state index contributed by atoms with van der Waals surface area (Å²) in [5, 5.41) is 15.1. The van der Waals surface area contributed by atoms with E-state index in [-0.39, 0.29) is 24.3 Å². The zero-order valence-corrected chi connectivity index (χ0v) is 16.1. The zero-order chi connectivity index (χ0) is 19.5. The minimum Gasteiger partial charge on any atom is -0.394 e. The predicted molar refractivity (Wildman–Crippen MR) is 98.5 cm³/mol. The van der Waals surface area contributed by atoms with Gasteiger partial charge in [0, 0.05) is 16.2 Å². The van der Waals surface area contributed by atoms with Crippen molar-refractivity contribution < 1.29 is 18.3 Å². The fraction of sp³-hybridized carbons (Fsp3) is 0.412. The van der Waals surface area contributed by atoms with Crippen molar-refractivity contribution in [2.45, 2.75) is 33.0 Å². The molecule has 5 nitrogen and oxygen atoms in total. The van der Waals surface area contributed by atoms with Crippen molar-refractivity contribution in [3.8, 4) is 0 Å². The Balaban J connectivity index is 2.39. The van der Waals surface area contributed by atoms with Crippen LogP contribution >= 0.6 is 15.9 Å². The first-order valence-corrected chi connectivity index (χ1v) is 8.76. The van der Waals surface area contributed by atoms with Gasteiger partial charge in [-0.15, -0.1) is 0 Å². The number of hydrogen-bond acceptors (Lipinski definition) is 5. The lowest BCUT2D eigenvalue weighted by Crippen LogP contribution is -2.30. The van der Waals surface area contributed by atoms with Crippen molar-refractivity contribution in [2.75, 3.05) is 17.2 Å². The molecule has 0 amide bonds. The van der Waals surface area contributed by atoms with Crippen LogP contribution < -0.4 is 10.6 Å². The van der Waals surface area contributed by atoms with E-state index in [4.69, 9.17) is 0 Å². The van der Waals surface area contributed by atoms with E-state index in [1.807, 2.05) is 26.8 Å². The maximum absolute atomic E-state index is 13.2. The van der Waals surface area contributed by atoms with Gasteiger partial charge in [-0.3, -0.25) is 0 Å². The summed E-state index contributed by atoms with van der Waals surface area (Å²) in [5.41, 5.74) is 0.415. The third-order valence-corrected chi connectivity index (χ3v) is 4.28. The maximum Gasteiger partial charge on any atom is 0.433 e. The number of aromatic nitrogens is 2. The van der Waals surface area contributed by atoms with Crippen LogP contribution in [0.1, 0.15) is 25.1 Å². The average molecular weight is 433 g/mol. The van der Waals surface area contributed by atoms with Crippen LogP contribution in [0.5, 0.6) is 0 Å². The second-order valence-corrected chi connectivity index (χ2v) is 7.14. The molecule has 0 saturated carbocycles. The fourth-order valence-corrected chi connectivity index (χ4v) is 2.69. The van der Waals surface area contributed by atoms with Gasteiger partial charge in [0.15, 0.2) is 5.69 Å². The van der Waals surface area contributed by atoms with Crippen molar-refractivity contribution in [1.82, 2.24) is 9.97 Å².